The molecule has 1 aliphatic carbocycles. The van der Waals surface area contributed by atoms with Crippen LogP contribution in [0, 0.1) is 10.8 Å². The Morgan fingerprint density at radius 3 is 2.18 bits per heavy atom. The summed E-state index contributed by atoms with van der Waals surface area (Å²) in [6, 6.07) is 6.90. The molecule has 0 bridgehead atoms. The van der Waals surface area contributed by atoms with Crippen molar-refractivity contribution < 1.29 is 9.90 Å². The van der Waals surface area contributed by atoms with E-state index in [2.05, 4.69) is 0 Å². The van der Waals surface area contributed by atoms with Crippen LogP contribution >= 0.6 is 0 Å². The molecule has 0 heterocycles. The summed E-state index contributed by atoms with van der Waals surface area (Å²) < 4.78 is 0. The first-order chi connectivity index (χ1) is 7.84. The van der Waals surface area contributed by atoms with Crippen LogP contribution in [0.3, 0.4) is 0 Å². The summed E-state index contributed by atoms with van der Waals surface area (Å²) >= 11 is 0. The fourth-order valence-electron chi connectivity index (χ4n) is 1.87. The highest BCUT2D eigenvalue weighted by molar-refractivity contribution is 6.35. The van der Waals surface area contributed by atoms with Crippen molar-refractivity contribution >= 4 is 17.3 Å². The van der Waals surface area contributed by atoms with E-state index in [-0.39, 0.29) is 22.8 Å². The fraction of sp³-hybridized carbons (Fsp3) is 0.286. The Kier molecular flexibility index (Phi) is 2.42. The number of aliphatic hydroxyl groups is 1. The van der Waals surface area contributed by atoms with E-state index in [1.165, 1.54) is 0 Å². The standard InChI is InChI=1S/C14H15NO2/c1-14(2,3)13(15)10-11(16)8-6-4-5-7-9(8)12(10)17/h4-7,15-16H,1-3H3. The molecule has 0 saturated carbocycles. The third-order valence-corrected chi connectivity index (χ3v) is 2.89. The first kappa shape index (κ1) is 11.6. The maximum atomic E-state index is 12.1. The molecule has 1 aromatic rings. The van der Waals surface area contributed by atoms with Crippen LogP contribution in [-0.2, 0) is 0 Å². The zero-order chi connectivity index (χ0) is 12.8. The molecule has 0 saturated heterocycles. The Balaban J connectivity index is 2.57. The van der Waals surface area contributed by atoms with E-state index in [4.69, 9.17) is 5.41 Å². The summed E-state index contributed by atoms with van der Waals surface area (Å²) in [4.78, 5) is 12.1. The Bertz CT molecular complexity index is 548. The summed E-state index contributed by atoms with van der Waals surface area (Å²) in [5, 5.41) is 18.1. The van der Waals surface area contributed by atoms with Gasteiger partial charge >= 0.3 is 0 Å². The molecule has 2 N–H and O–H groups in total. The zero-order valence-corrected chi connectivity index (χ0v) is 10.2. The van der Waals surface area contributed by atoms with Gasteiger partial charge in [-0.2, -0.15) is 0 Å². The molecule has 1 aliphatic rings. The number of aliphatic hydroxyl groups excluding tert-OH is 1. The fourth-order valence-corrected chi connectivity index (χ4v) is 1.87. The van der Waals surface area contributed by atoms with Gasteiger partial charge in [-0.05, 0) is 0 Å². The molecule has 0 atom stereocenters. The first-order valence-electron chi connectivity index (χ1n) is 5.51. The van der Waals surface area contributed by atoms with E-state index in [0.717, 1.165) is 0 Å². The Morgan fingerprint density at radius 2 is 1.71 bits per heavy atom. The van der Waals surface area contributed by atoms with Gasteiger partial charge in [0.2, 0.25) is 0 Å². The highest BCUT2D eigenvalue weighted by Gasteiger charge is 2.35. The van der Waals surface area contributed by atoms with E-state index < -0.39 is 5.41 Å². The second kappa shape index (κ2) is 3.55. The Morgan fingerprint density at radius 1 is 1.18 bits per heavy atom. The normalized spacial score (nSPS) is 15.1. The van der Waals surface area contributed by atoms with E-state index in [0.29, 0.717) is 11.1 Å². The summed E-state index contributed by atoms with van der Waals surface area (Å²) in [6.07, 6.45) is 0. The quantitative estimate of drug-likeness (QED) is 0.726. The molecule has 88 valence electrons. The lowest BCUT2D eigenvalue weighted by Gasteiger charge is -2.20. The number of hydrogen-bond acceptors (Lipinski definition) is 3. The minimum atomic E-state index is -0.457. The second-order valence-corrected chi connectivity index (χ2v) is 5.22. The topological polar surface area (TPSA) is 61.1 Å². The van der Waals surface area contributed by atoms with E-state index in [1.807, 2.05) is 20.8 Å². The van der Waals surface area contributed by atoms with Gasteiger partial charge in [0.15, 0.2) is 5.78 Å². The van der Waals surface area contributed by atoms with Crippen molar-refractivity contribution in [1.82, 2.24) is 0 Å². The Labute approximate surface area is 100 Å². The molecule has 2 rings (SSSR count). The van der Waals surface area contributed by atoms with Gasteiger partial charge in [-0.1, -0.05) is 45.0 Å². The number of hydrogen-bond donors (Lipinski definition) is 2. The van der Waals surface area contributed by atoms with Crippen LogP contribution in [0.4, 0.5) is 0 Å². The molecule has 3 nitrogen and oxygen atoms in total. The molecule has 0 fully saturated rings. The van der Waals surface area contributed by atoms with Gasteiger partial charge in [0.25, 0.3) is 0 Å². The summed E-state index contributed by atoms with van der Waals surface area (Å²) in [7, 11) is 0. The van der Waals surface area contributed by atoms with E-state index in [9.17, 15) is 9.90 Å². The number of carbonyl (C=O) groups is 1. The average Bonchev–Trinajstić information content (AvgIpc) is 2.51. The minimum absolute atomic E-state index is 0.0643. The van der Waals surface area contributed by atoms with Crippen LogP contribution < -0.4 is 0 Å². The molecule has 3 heteroatoms. The number of nitrogens with one attached hydrogen (secondary N) is 1. The number of allylic oxidation sites excluding steroid dienone is 1. The van der Waals surface area contributed by atoms with Gasteiger partial charge in [-0.15, -0.1) is 0 Å². The lowest BCUT2D eigenvalue weighted by molar-refractivity contribution is 0.104. The lowest BCUT2D eigenvalue weighted by Crippen LogP contribution is -2.24. The molecular formula is C14H15NO2. The van der Waals surface area contributed by atoms with Crippen molar-refractivity contribution in [1.29, 1.82) is 5.41 Å². The highest BCUT2D eigenvalue weighted by atomic mass is 16.3. The highest BCUT2D eigenvalue weighted by Crippen LogP contribution is 2.35. The van der Waals surface area contributed by atoms with Crippen LogP contribution in [0.2, 0.25) is 0 Å². The maximum Gasteiger partial charge on any atom is 0.199 e. The Hall–Kier alpha value is -1.90. The molecule has 0 aliphatic heterocycles. The van der Waals surface area contributed by atoms with E-state index >= 15 is 0 Å². The van der Waals surface area contributed by atoms with Gasteiger partial charge < -0.3 is 10.5 Å². The number of fused-ring (bicyclic) bond motifs is 1. The largest absolute Gasteiger partial charge is 0.506 e. The summed E-state index contributed by atoms with van der Waals surface area (Å²) in [6.45, 7) is 5.56. The van der Waals surface area contributed by atoms with Crippen LogP contribution in [0.25, 0.3) is 5.76 Å². The van der Waals surface area contributed by atoms with E-state index in [1.54, 1.807) is 24.3 Å². The van der Waals surface area contributed by atoms with Gasteiger partial charge in [0, 0.05) is 16.5 Å². The molecule has 0 radical (unpaired) electrons. The van der Waals surface area contributed by atoms with Gasteiger partial charge in [0.05, 0.1) is 11.3 Å². The summed E-state index contributed by atoms with van der Waals surface area (Å²) in [5.74, 6) is -0.316. The smallest absolute Gasteiger partial charge is 0.199 e. The van der Waals surface area contributed by atoms with Crippen molar-refractivity contribution in [3.63, 3.8) is 0 Å². The molecule has 0 amide bonds. The summed E-state index contributed by atoms with van der Waals surface area (Å²) in [5.41, 5.74) is 0.867. The lowest BCUT2D eigenvalue weighted by atomic mass is 9.84. The number of ketones is 1. The maximum absolute atomic E-state index is 12.1. The molecule has 17 heavy (non-hydrogen) atoms. The second-order valence-electron chi connectivity index (χ2n) is 5.22. The monoisotopic (exact) mass is 229 g/mol. The van der Waals surface area contributed by atoms with Crippen molar-refractivity contribution in [2.24, 2.45) is 5.41 Å². The molecule has 0 aromatic heterocycles. The van der Waals surface area contributed by atoms with Crippen molar-refractivity contribution in [3.05, 3.63) is 41.0 Å². The van der Waals surface area contributed by atoms with Crippen LogP contribution in [0.1, 0.15) is 36.7 Å². The predicted molar refractivity (Wildman–Crippen MR) is 67.5 cm³/mol. The molecule has 0 spiro atoms. The van der Waals surface area contributed by atoms with Gasteiger partial charge in [0.1, 0.15) is 5.76 Å². The van der Waals surface area contributed by atoms with Crippen LogP contribution in [-0.4, -0.2) is 16.6 Å². The van der Waals surface area contributed by atoms with Crippen molar-refractivity contribution in [3.8, 4) is 0 Å². The number of rotatable bonds is 1. The molecular weight excluding hydrogens is 214 g/mol. The molecule has 0 unspecified atom stereocenters. The zero-order valence-electron chi connectivity index (χ0n) is 10.2. The van der Waals surface area contributed by atoms with Gasteiger partial charge in [-0.25, -0.2) is 0 Å². The number of Topliss-reactive ketones (excluding diaryl/α,β-unsaturated/α-hetero) is 1. The third kappa shape index (κ3) is 1.68. The molecule has 1 aromatic carbocycles. The predicted octanol–water partition coefficient (Wildman–Crippen LogP) is 3.22. The van der Waals surface area contributed by atoms with Crippen LogP contribution in [0.15, 0.2) is 29.8 Å². The third-order valence-electron chi connectivity index (χ3n) is 2.89. The minimum Gasteiger partial charge on any atom is -0.506 e. The first-order valence-corrected chi connectivity index (χ1v) is 5.51. The number of carbonyl (C=O) groups excluding carboxylic acids is 1. The van der Waals surface area contributed by atoms with Crippen molar-refractivity contribution in [2.45, 2.75) is 20.8 Å². The van der Waals surface area contributed by atoms with Crippen molar-refractivity contribution in [2.75, 3.05) is 0 Å². The van der Waals surface area contributed by atoms with Gasteiger partial charge in [-0.3, -0.25) is 4.79 Å². The van der Waals surface area contributed by atoms with Crippen LogP contribution in [0.5, 0.6) is 0 Å². The average molecular weight is 229 g/mol. The SMILES string of the molecule is CC(C)(C)C(=N)C1=C(O)c2ccccc2C1=O. The number of benzene rings is 1.